The number of nitriles is 1. The number of nitroso groups, excluding NO2 is 1. The number of hydrogen-bond acceptors (Lipinski definition) is 6. The predicted octanol–water partition coefficient (Wildman–Crippen LogP) is -0.136. The van der Waals surface area contributed by atoms with Gasteiger partial charge in [0.2, 0.25) is 0 Å². The highest BCUT2D eigenvalue weighted by atomic mass is 16.3. The summed E-state index contributed by atoms with van der Waals surface area (Å²) in [5.74, 6) is -2.48. The molecule has 0 aromatic carbocycles. The summed E-state index contributed by atoms with van der Waals surface area (Å²) in [7, 11) is 0. The van der Waals surface area contributed by atoms with Crippen LogP contribution in [-0.4, -0.2) is 31.0 Å². The largest absolute Gasteiger partial charge is 0.349 e. The molecule has 0 aromatic heterocycles. The van der Waals surface area contributed by atoms with Crippen LogP contribution in [0.15, 0.2) is 5.18 Å². The Morgan fingerprint density at radius 2 is 2.31 bits per heavy atom. The molecule has 2 unspecified atom stereocenters. The van der Waals surface area contributed by atoms with Gasteiger partial charge in [0.1, 0.15) is 17.9 Å². The average molecular weight is 224 g/mol. The summed E-state index contributed by atoms with van der Waals surface area (Å²) in [6.45, 7) is 1.40. The summed E-state index contributed by atoms with van der Waals surface area (Å²) < 4.78 is 0. The molecule has 0 bridgehead atoms. The van der Waals surface area contributed by atoms with Crippen LogP contribution in [0, 0.1) is 33.5 Å². The molecule has 1 amide bonds. The maximum Gasteiger partial charge on any atom is 0.265 e. The van der Waals surface area contributed by atoms with Crippen molar-refractivity contribution in [3.8, 4) is 6.07 Å². The van der Waals surface area contributed by atoms with Crippen LogP contribution in [0.5, 0.6) is 0 Å². The monoisotopic (exact) mass is 224 g/mol. The Labute approximate surface area is 92.3 Å². The molecular formula is C9H12N4O3. The van der Waals surface area contributed by atoms with Crippen LogP contribution in [0.1, 0.15) is 6.92 Å². The van der Waals surface area contributed by atoms with Gasteiger partial charge in [-0.05, 0) is 0 Å². The third kappa shape index (κ3) is 3.96. The number of carbonyl (C=O) groups excluding carboxylic acids is 2. The van der Waals surface area contributed by atoms with Crippen molar-refractivity contribution in [3.05, 3.63) is 4.91 Å². The Morgan fingerprint density at radius 3 is 2.75 bits per heavy atom. The zero-order valence-corrected chi connectivity index (χ0v) is 8.77. The molecule has 0 aliphatic heterocycles. The highest BCUT2D eigenvalue weighted by molar-refractivity contribution is 6.38. The number of amides is 1. The Hall–Kier alpha value is -2.10. The minimum absolute atomic E-state index is 0.0374. The van der Waals surface area contributed by atoms with Crippen molar-refractivity contribution in [3.63, 3.8) is 0 Å². The number of carbonyl (C=O) groups is 2. The van der Waals surface area contributed by atoms with Crippen molar-refractivity contribution < 1.29 is 9.59 Å². The molecule has 0 rings (SSSR count). The highest BCUT2D eigenvalue weighted by Crippen LogP contribution is 2.09. The highest BCUT2D eigenvalue weighted by Gasteiger charge is 2.24. The fraction of sp³-hybridized carbons (Fsp3) is 0.556. The van der Waals surface area contributed by atoms with E-state index in [1.165, 1.54) is 6.92 Å². The summed E-state index contributed by atoms with van der Waals surface area (Å²) in [5.41, 5.74) is -0.357. The maximum atomic E-state index is 11.3. The molecule has 0 aromatic rings. The van der Waals surface area contributed by atoms with E-state index in [2.05, 4.69) is 10.5 Å². The molecule has 16 heavy (non-hydrogen) atoms. The van der Waals surface area contributed by atoms with E-state index in [-0.39, 0.29) is 18.8 Å². The number of hydrogen-bond donors (Lipinski definition) is 2. The molecule has 0 aliphatic carbocycles. The zero-order chi connectivity index (χ0) is 12.6. The lowest BCUT2D eigenvalue weighted by molar-refractivity contribution is -0.115. The smallest absolute Gasteiger partial charge is 0.265 e. The van der Waals surface area contributed by atoms with Gasteiger partial charge in [0.25, 0.3) is 5.91 Å². The summed E-state index contributed by atoms with van der Waals surface area (Å²) >= 11 is 0. The molecule has 2 N–H and O–H groups in total. The third-order valence-electron chi connectivity index (χ3n) is 2.02. The summed E-state index contributed by atoms with van der Waals surface area (Å²) in [4.78, 5) is 31.5. The van der Waals surface area contributed by atoms with Crippen molar-refractivity contribution in [2.75, 3.05) is 13.1 Å². The van der Waals surface area contributed by atoms with E-state index in [4.69, 9.17) is 10.7 Å². The molecule has 0 aliphatic rings. The van der Waals surface area contributed by atoms with E-state index < -0.39 is 17.7 Å². The van der Waals surface area contributed by atoms with Gasteiger partial charge in [0.15, 0.2) is 0 Å². The van der Waals surface area contributed by atoms with E-state index in [9.17, 15) is 14.5 Å². The van der Waals surface area contributed by atoms with E-state index in [0.717, 1.165) is 0 Å². The molecule has 86 valence electrons. The molecule has 0 fully saturated rings. The van der Waals surface area contributed by atoms with Crippen molar-refractivity contribution in [2.24, 2.45) is 17.0 Å². The Balaban J connectivity index is 4.32. The normalized spacial score (nSPS) is 13.0. The van der Waals surface area contributed by atoms with Crippen LogP contribution in [-0.2, 0) is 9.59 Å². The maximum absolute atomic E-state index is 11.3. The van der Waals surface area contributed by atoms with Crippen molar-refractivity contribution in [1.29, 1.82) is 10.7 Å². The molecule has 0 saturated heterocycles. The summed E-state index contributed by atoms with van der Waals surface area (Å²) in [6, 6.07) is 1.70. The summed E-state index contributed by atoms with van der Waals surface area (Å²) in [5, 5.41) is 20.8. The van der Waals surface area contributed by atoms with E-state index >= 15 is 0 Å². The average Bonchev–Trinajstić information content (AvgIpc) is 2.29. The first-order chi connectivity index (χ1) is 7.58. The van der Waals surface area contributed by atoms with Crippen LogP contribution >= 0.6 is 0 Å². The first-order valence-electron chi connectivity index (χ1n) is 4.59. The molecule has 7 nitrogen and oxygen atoms in total. The van der Waals surface area contributed by atoms with Crippen LogP contribution in [0.2, 0.25) is 0 Å². The quantitative estimate of drug-likeness (QED) is 0.270. The fourth-order valence-electron chi connectivity index (χ4n) is 0.957. The number of nitrogens with one attached hydrogen (secondary N) is 2. The van der Waals surface area contributed by atoms with Gasteiger partial charge in [-0.2, -0.15) is 10.2 Å². The number of aldehydes is 1. The molecule has 2 atom stereocenters. The zero-order valence-electron chi connectivity index (χ0n) is 8.77. The second kappa shape index (κ2) is 7.23. The van der Waals surface area contributed by atoms with Crippen LogP contribution in [0.25, 0.3) is 0 Å². The second-order valence-electron chi connectivity index (χ2n) is 3.10. The van der Waals surface area contributed by atoms with Crippen LogP contribution in [0.4, 0.5) is 0 Å². The van der Waals surface area contributed by atoms with E-state index in [1.807, 2.05) is 0 Å². The van der Waals surface area contributed by atoms with Gasteiger partial charge in [-0.15, -0.1) is 0 Å². The van der Waals surface area contributed by atoms with Gasteiger partial charge < -0.3 is 10.1 Å². The van der Waals surface area contributed by atoms with Crippen molar-refractivity contribution in [2.45, 2.75) is 6.92 Å². The van der Waals surface area contributed by atoms with Gasteiger partial charge in [-0.1, -0.05) is 12.1 Å². The molecule has 0 saturated carbocycles. The van der Waals surface area contributed by atoms with Gasteiger partial charge in [0, 0.05) is 12.5 Å². The topological polar surface area (TPSA) is 123 Å². The minimum Gasteiger partial charge on any atom is -0.349 e. The lowest BCUT2D eigenvalue weighted by Gasteiger charge is -2.13. The Bertz CT molecular complexity index is 334. The first-order valence-corrected chi connectivity index (χ1v) is 4.59. The van der Waals surface area contributed by atoms with E-state index in [1.54, 1.807) is 6.07 Å². The second-order valence-corrected chi connectivity index (χ2v) is 3.10. The molecule has 0 radical (unpaired) electrons. The molecule has 0 heterocycles. The fourth-order valence-corrected chi connectivity index (χ4v) is 0.957. The SMILES string of the molecule is CC(C(=N)C(=O)NCCN=O)C(C#N)C=O. The van der Waals surface area contributed by atoms with Crippen molar-refractivity contribution >= 4 is 17.9 Å². The third-order valence-corrected chi connectivity index (χ3v) is 2.02. The Kier molecular flexibility index (Phi) is 6.28. The molecule has 7 heteroatoms. The van der Waals surface area contributed by atoms with E-state index in [0.29, 0.717) is 6.29 Å². The first kappa shape index (κ1) is 13.9. The minimum atomic E-state index is -1.01. The van der Waals surface area contributed by atoms with Gasteiger partial charge >= 0.3 is 0 Å². The standard InChI is InChI=1S/C9H12N4O3/c1-6(7(4-10)5-14)8(11)9(15)12-2-3-13-16/h5-7,11H,2-3H2,1H3,(H,12,15). The lowest BCUT2D eigenvalue weighted by Crippen LogP contribution is -2.37. The lowest BCUT2D eigenvalue weighted by atomic mass is 9.91. The van der Waals surface area contributed by atoms with Crippen molar-refractivity contribution in [1.82, 2.24) is 5.32 Å². The van der Waals surface area contributed by atoms with Gasteiger partial charge in [0.05, 0.1) is 12.6 Å². The van der Waals surface area contributed by atoms with Gasteiger partial charge in [-0.25, -0.2) is 0 Å². The Morgan fingerprint density at radius 1 is 1.69 bits per heavy atom. The predicted molar refractivity (Wildman–Crippen MR) is 55.7 cm³/mol. The van der Waals surface area contributed by atoms with Crippen LogP contribution < -0.4 is 5.32 Å². The number of nitrogens with zero attached hydrogens (tertiary/aromatic N) is 2. The van der Waals surface area contributed by atoms with Crippen LogP contribution in [0.3, 0.4) is 0 Å². The van der Waals surface area contributed by atoms with Gasteiger partial charge in [-0.3, -0.25) is 10.2 Å². The number of rotatable bonds is 7. The summed E-state index contributed by atoms with van der Waals surface area (Å²) in [6.07, 6.45) is 0.402. The molecule has 0 spiro atoms. The molecular weight excluding hydrogens is 212 g/mol.